The third-order valence-corrected chi connectivity index (χ3v) is 2.52. The number of carbonyl (C=O) groups is 2. The molecule has 0 radical (unpaired) electrons. The molecule has 1 aromatic heterocycles. The second-order valence-corrected chi connectivity index (χ2v) is 3.94. The van der Waals surface area contributed by atoms with Gasteiger partial charge in [0.25, 0.3) is 0 Å². The average Bonchev–Trinajstić information content (AvgIpc) is 2.80. The van der Waals surface area contributed by atoms with Gasteiger partial charge < -0.3 is 16.0 Å². The topological polar surface area (TPSA) is 101 Å². The molecule has 0 aliphatic carbocycles. The summed E-state index contributed by atoms with van der Waals surface area (Å²) in [6.45, 7) is 3.42. The van der Waals surface area contributed by atoms with E-state index in [1.54, 1.807) is 20.0 Å². The van der Waals surface area contributed by atoms with Gasteiger partial charge >= 0.3 is 0 Å². The van der Waals surface area contributed by atoms with Gasteiger partial charge in [-0.2, -0.15) is 0 Å². The van der Waals surface area contributed by atoms with Crippen molar-refractivity contribution in [3.63, 3.8) is 0 Å². The number of H-pyrrole nitrogens is 1. The molecule has 6 heteroatoms. The molecule has 0 spiro atoms. The lowest BCUT2D eigenvalue weighted by molar-refractivity contribution is -0.128. The lowest BCUT2D eigenvalue weighted by Gasteiger charge is -2.15. The Morgan fingerprint density at radius 3 is 2.82 bits per heavy atom. The number of nitrogens with zero attached hydrogens (tertiary/aromatic N) is 1. The lowest BCUT2D eigenvalue weighted by atomic mass is 10.1. The third-order valence-electron chi connectivity index (χ3n) is 2.52. The number of aromatic nitrogens is 2. The monoisotopic (exact) mass is 238 g/mol. The molecule has 0 aliphatic rings. The van der Waals surface area contributed by atoms with Crippen molar-refractivity contribution in [2.24, 2.45) is 5.73 Å². The van der Waals surface area contributed by atoms with Crippen molar-refractivity contribution < 1.29 is 9.59 Å². The number of aromatic amines is 1. The van der Waals surface area contributed by atoms with E-state index in [0.717, 1.165) is 5.69 Å². The Morgan fingerprint density at radius 2 is 2.29 bits per heavy atom. The van der Waals surface area contributed by atoms with Gasteiger partial charge in [0.15, 0.2) is 5.78 Å². The standard InChI is InChI=1S/C11H18N4O2/c1-3-10(16)7(2)15-11(17)9(12)4-8-5-13-6-14-8/h5-7,9H,3-4,12H2,1-2H3,(H,13,14)(H,15,17)/t7-,9-/m0/s1. The van der Waals surface area contributed by atoms with E-state index in [1.807, 2.05) is 0 Å². The smallest absolute Gasteiger partial charge is 0.237 e. The maximum atomic E-state index is 11.7. The van der Waals surface area contributed by atoms with Crippen LogP contribution in [0.15, 0.2) is 12.5 Å². The maximum Gasteiger partial charge on any atom is 0.237 e. The van der Waals surface area contributed by atoms with Crippen LogP contribution in [0.1, 0.15) is 26.0 Å². The zero-order valence-corrected chi connectivity index (χ0v) is 10.1. The van der Waals surface area contributed by atoms with E-state index in [9.17, 15) is 9.59 Å². The fraction of sp³-hybridized carbons (Fsp3) is 0.545. The fourth-order valence-electron chi connectivity index (χ4n) is 1.43. The van der Waals surface area contributed by atoms with E-state index in [1.165, 1.54) is 6.33 Å². The molecule has 0 fully saturated rings. The maximum absolute atomic E-state index is 11.7. The molecular formula is C11H18N4O2. The first-order valence-electron chi connectivity index (χ1n) is 5.60. The van der Waals surface area contributed by atoms with Gasteiger partial charge in [-0.1, -0.05) is 6.92 Å². The van der Waals surface area contributed by atoms with Crippen LogP contribution in [0.3, 0.4) is 0 Å². The molecule has 1 rings (SSSR count). The number of carbonyl (C=O) groups excluding carboxylic acids is 2. The second kappa shape index (κ2) is 6.15. The molecule has 1 heterocycles. The quantitative estimate of drug-likeness (QED) is 0.636. The molecule has 94 valence electrons. The van der Waals surface area contributed by atoms with Gasteiger partial charge in [0, 0.05) is 24.7 Å². The summed E-state index contributed by atoms with van der Waals surface area (Å²) in [7, 11) is 0. The van der Waals surface area contributed by atoms with Crippen LogP contribution in [0.2, 0.25) is 0 Å². The molecule has 1 aromatic rings. The second-order valence-electron chi connectivity index (χ2n) is 3.94. The van der Waals surface area contributed by atoms with Gasteiger partial charge in [0.1, 0.15) is 0 Å². The number of Topliss-reactive ketones (excluding diaryl/α,β-unsaturated/α-hetero) is 1. The molecule has 6 nitrogen and oxygen atoms in total. The summed E-state index contributed by atoms with van der Waals surface area (Å²) < 4.78 is 0. The number of rotatable bonds is 6. The lowest BCUT2D eigenvalue weighted by Crippen LogP contribution is -2.47. The van der Waals surface area contributed by atoms with E-state index in [4.69, 9.17) is 5.73 Å². The fourth-order valence-corrected chi connectivity index (χ4v) is 1.43. The van der Waals surface area contributed by atoms with Gasteiger partial charge in [-0.25, -0.2) is 4.98 Å². The zero-order valence-electron chi connectivity index (χ0n) is 10.1. The molecule has 0 saturated heterocycles. The summed E-state index contributed by atoms with van der Waals surface area (Å²) in [5.74, 6) is -0.332. The molecule has 2 atom stereocenters. The molecule has 0 unspecified atom stereocenters. The Bertz CT molecular complexity index is 375. The SMILES string of the molecule is CCC(=O)[C@H](C)NC(=O)[C@@H](N)Cc1cnc[nH]1. The van der Waals surface area contributed by atoms with Gasteiger partial charge in [-0.15, -0.1) is 0 Å². The van der Waals surface area contributed by atoms with E-state index < -0.39 is 12.1 Å². The van der Waals surface area contributed by atoms with Gasteiger partial charge in [-0.3, -0.25) is 9.59 Å². The van der Waals surface area contributed by atoms with Crippen LogP contribution in [-0.4, -0.2) is 33.7 Å². The van der Waals surface area contributed by atoms with Crippen molar-refractivity contribution in [2.45, 2.75) is 38.8 Å². The Balaban J connectivity index is 2.44. The number of nitrogens with one attached hydrogen (secondary N) is 2. The molecule has 0 saturated carbocycles. The first-order valence-corrected chi connectivity index (χ1v) is 5.60. The van der Waals surface area contributed by atoms with Gasteiger partial charge in [-0.05, 0) is 6.92 Å². The number of nitrogens with two attached hydrogens (primary N) is 1. The average molecular weight is 238 g/mol. The minimum atomic E-state index is -0.678. The highest BCUT2D eigenvalue weighted by Gasteiger charge is 2.19. The summed E-state index contributed by atoms with van der Waals surface area (Å²) in [6.07, 6.45) is 3.92. The highest BCUT2D eigenvalue weighted by Crippen LogP contribution is 1.98. The summed E-state index contributed by atoms with van der Waals surface area (Å²) >= 11 is 0. The van der Waals surface area contributed by atoms with E-state index in [2.05, 4.69) is 15.3 Å². The molecule has 0 bridgehead atoms. The van der Waals surface area contributed by atoms with Crippen molar-refractivity contribution in [3.05, 3.63) is 18.2 Å². The molecule has 0 aliphatic heterocycles. The van der Waals surface area contributed by atoms with Crippen molar-refractivity contribution >= 4 is 11.7 Å². The largest absolute Gasteiger partial charge is 0.348 e. The Labute approximate surface area is 100.0 Å². The van der Waals surface area contributed by atoms with Crippen molar-refractivity contribution in [1.29, 1.82) is 0 Å². The number of ketones is 1. The first-order chi connectivity index (χ1) is 8.04. The predicted molar refractivity (Wildman–Crippen MR) is 63.2 cm³/mol. The molecular weight excluding hydrogens is 220 g/mol. The van der Waals surface area contributed by atoms with E-state index in [0.29, 0.717) is 12.8 Å². The van der Waals surface area contributed by atoms with Crippen LogP contribution in [-0.2, 0) is 16.0 Å². The number of hydrogen-bond acceptors (Lipinski definition) is 4. The normalized spacial score (nSPS) is 14.1. The molecule has 17 heavy (non-hydrogen) atoms. The molecule has 4 N–H and O–H groups in total. The highest BCUT2D eigenvalue weighted by molar-refractivity contribution is 5.90. The summed E-state index contributed by atoms with van der Waals surface area (Å²) in [5.41, 5.74) is 6.52. The van der Waals surface area contributed by atoms with Crippen LogP contribution >= 0.6 is 0 Å². The highest BCUT2D eigenvalue weighted by atomic mass is 16.2. The number of hydrogen-bond donors (Lipinski definition) is 3. The van der Waals surface area contributed by atoms with E-state index >= 15 is 0 Å². The van der Waals surface area contributed by atoms with Gasteiger partial charge in [0.05, 0.1) is 18.4 Å². The van der Waals surface area contributed by atoms with Gasteiger partial charge in [0.2, 0.25) is 5.91 Å². The minimum absolute atomic E-state index is 0.00732. The number of amides is 1. The first kappa shape index (κ1) is 13.4. The zero-order chi connectivity index (χ0) is 12.8. The van der Waals surface area contributed by atoms with Crippen LogP contribution in [0.4, 0.5) is 0 Å². The summed E-state index contributed by atoms with van der Waals surface area (Å²) in [6, 6.07) is -1.16. The number of imidazole rings is 1. The minimum Gasteiger partial charge on any atom is -0.348 e. The molecule has 0 aromatic carbocycles. The Kier molecular flexibility index (Phi) is 4.84. The van der Waals surface area contributed by atoms with Crippen LogP contribution in [0.25, 0.3) is 0 Å². The van der Waals surface area contributed by atoms with Crippen LogP contribution in [0, 0.1) is 0 Å². The van der Waals surface area contributed by atoms with Crippen molar-refractivity contribution in [3.8, 4) is 0 Å². The predicted octanol–water partition coefficient (Wildman–Crippen LogP) is -0.237. The molecule has 1 amide bonds. The van der Waals surface area contributed by atoms with Crippen LogP contribution in [0.5, 0.6) is 0 Å². The summed E-state index contributed by atoms with van der Waals surface area (Å²) in [5, 5.41) is 2.60. The Morgan fingerprint density at radius 1 is 1.59 bits per heavy atom. The Hall–Kier alpha value is -1.69. The third kappa shape index (κ3) is 3.99. The van der Waals surface area contributed by atoms with E-state index in [-0.39, 0.29) is 11.7 Å². The van der Waals surface area contributed by atoms with Crippen molar-refractivity contribution in [2.75, 3.05) is 0 Å². The summed E-state index contributed by atoms with van der Waals surface area (Å²) in [4.78, 5) is 29.7. The van der Waals surface area contributed by atoms with Crippen molar-refractivity contribution in [1.82, 2.24) is 15.3 Å². The van der Waals surface area contributed by atoms with Crippen LogP contribution < -0.4 is 11.1 Å².